The van der Waals surface area contributed by atoms with Crippen LogP contribution in [0.2, 0.25) is 0 Å². The summed E-state index contributed by atoms with van der Waals surface area (Å²) in [5.41, 5.74) is 0. The van der Waals surface area contributed by atoms with E-state index in [2.05, 4.69) is 0 Å². The first kappa shape index (κ1) is 13.4. The Morgan fingerprint density at radius 3 is 1.94 bits per heavy atom. The molecule has 1 N–H and O–H groups in total. The average Bonchev–Trinajstić information content (AvgIpc) is 2.59. The lowest BCUT2D eigenvalue weighted by Crippen LogP contribution is -2.22. The third-order valence-corrected chi connectivity index (χ3v) is 4.53. The third-order valence-electron chi connectivity index (χ3n) is 4.53. The van der Waals surface area contributed by atoms with Crippen LogP contribution in [0, 0.1) is 11.8 Å². The molecule has 2 rings (SSSR count). The smallest absolute Gasteiger partial charge is 0.0545 e. The van der Waals surface area contributed by atoms with Gasteiger partial charge in [0.2, 0.25) is 0 Å². The SMILES string of the molecule is OC(CC1CCCCCC1)CC1CCOCC1. The molecule has 0 amide bonds. The molecule has 0 spiro atoms. The molecule has 0 aromatic carbocycles. The highest BCUT2D eigenvalue weighted by Crippen LogP contribution is 2.29. The summed E-state index contributed by atoms with van der Waals surface area (Å²) in [6.07, 6.45) is 12.6. The van der Waals surface area contributed by atoms with Gasteiger partial charge in [-0.25, -0.2) is 0 Å². The van der Waals surface area contributed by atoms with Crippen molar-refractivity contribution < 1.29 is 9.84 Å². The Labute approximate surface area is 106 Å². The quantitative estimate of drug-likeness (QED) is 0.762. The first-order valence-corrected chi connectivity index (χ1v) is 7.60. The van der Waals surface area contributed by atoms with E-state index in [9.17, 15) is 5.11 Å². The minimum Gasteiger partial charge on any atom is -0.393 e. The van der Waals surface area contributed by atoms with Gasteiger partial charge in [0.05, 0.1) is 6.10 Å². The van der Waals surface area contributed by atoms with Crippen molar-refractivity contribution in [2.24, 2.45) is 11.8 Å². The van der Waals surface area contributed by atoms with Crippen LogP contribution in [0.25, 0.3) is 0 Å². The monoisotopic (exact) mass is 240 g/mol. The summed E-state index contributed by atoms with van der Waals surface area (Å²) in [5.74, 6) is 1.51. The van der Waals surface area contributed by atoms with Crippen LogP contribution in [0.4, 0.5) is 0 Å². The minimum atomic E-state index is -0.0544. The van der Waals surface area contributed by atoms with Gasteiger partial charge in [-0.1, -0.05) is 38.5 Å². The number of aliphatic hydroxyl groups excluding tert-OH is 1. The molecular weight excluding hydrogens is 212 g/mol. The Hall–Kier alpha value is -0.0800. The second kappa shape index (κ2) is 7.38. The summed E-state index contributed by atoms with van der Waals surface area (Å²) in [4.78, 5) is 0. The molecule has 1 unspecified atom stereocenters. The average molecular weight is 240 g/mol. The zero-order valence-corrected chi connectivity index (χ0v) is 11.1. The molecule has 17 heavy (non-hydrogen) atoms. The fraction of sp³-hybridized carbons (Fsp3) is 1.00. The first-order valence-electron chi connectivity index (χ1n) is 7.60. The maximum atomic E-state index is 10.2. The number of hydrogen-bond donors (Lipinski definition) is 1. The molecule has 0 bridgehead atoms. The summed E-state index contributed by atoms with van der Waals surface area (Å²) in [7, 11) is 0. The summed E-state index contributed by atoms with van der Waals surface area (Å²) in [5, 5.41) is 10.2. The van der Waals surface area contributed by atoms with Crippen LogP contribution in [-0.4, -0.2) is 24.4 Å². The zero-order chi connectivity index (χ0) is 11.9. The lowest BCUT2D eigenvalue weighted by Gasteiger charge is -2.26. The van der Waals surface area contributed by atoms with E-state index in [4.69, 9.17) is 4.74 Å². The summed E-state index contributed by atoms with van der Waals surface area (Å²) < 4.78 is 5.37. The van der Waals surface area contributed by atoms with Gasteiger partial charge in [-0.2, -0.15) is 0 Å². The first-order chi connectivity index (χ1) is 8.34. The van der Waals surface area contributed by atoms with Crippen LogP contribution in [0.15, 0.2) is 0 Å². The van der Waals surface area contributed by atoms with Crippen LogP contribution in [0.1, 0.15) is 64.2 Å². The maximum Gasteiger partial charge on any atom is 0.0545 e. The minimum absolute atomic E-state index is 0.0544. The molecular formula is C15H28O2. The van der Waals surface area contributed by atoms with E-state index in [0.29, 0.717) is 5.92 Å². The predicted molar refractivity (Wildman–Crippen MR) is 70.0 cm³/mol. The van der Waals surface area contributed by atoms with E-state index < -0.39 is 0 Å². The maximum absolute atomic E-state index is 10.2. The van der Waals surface area contributed by atoms with E-state index in [1.165, 1.54) is 38.5 Å². The topological polar surface area (TPSA) is 29.5 Å². The molecule has 1 atom stereocenters. The molecule has 100 valence electrons. The highest BCUT2D eigenvalue weighted by Gasteiger charge is 2.21. The molecule has 1 saturated heterocycles. The van der Waals surface area contributed by atoms with Crippen molar-refractivity contribution in [3.8, 4) is 0 Å². The Bertz CT molecular complexity index is 191. The Kier molecular flexibility index (Phi) is 5.79. The molecule has 1 saturated carbocycles. The summed E-state index contributed by atoms with van der Waals surface area (Å²) in [6, 6.07) is 0. The molecule has 1 heterocycles. The Morgan fingerprint density at radius 1 is 0.824 bits per heavy atom. The molecule has 1 aliphatic heterocycles. The van der Waals surface area contributed by atoms with Crippen molar-refractivity contribution in [1.29, 1.82) is 0 Å². The molecule has 0 aromatic rings. The lowest BCUT2D eigenvalue weighted by atomic mass is 9.87. The molecule has 0 radical (unpaired) electrons. The zero-order valence-electron chi connectivity index (χ0n) is 11.1. The molecule has 2 nitrogen and oxygen atoms in total. The standard InChI is InChI=1S/C15H28O2/c16-15(12-14-7-9-17-10-8-14)11-13-5-3-1-2-4-6-13/h13-16H,1-12H2. The van der Waals surface area contributed by atoms with E-state index in [1.54, 1.807) is 0 Å². The van der Waals surface area contributed by atoms with E-state index in [-0.39, 0.29) is 6.10 Å². The van der Waals surface area contributed by atoms with Gasteiger partial charge in [0.25, 0.3) is 0 Å². The predicted octanol–water partition coefficient (Wildman–Crippen LogP) is 3.52. The lowest BCUT2D eigenvalue weighted by molar-refractivity contribution is 0.0376. The fourth-order valence-electron chi connectivity index (χ4n) is 3.45. The number of hydrogen-bond acceptors (Lipinski definition) is 2. The van der Waals surface area contributed by atoms with Crippen molar-refractivity contribution in [2.45, 2.75) is 70.3 Å². The van der Waals surface area contributed by atoms with E-state index >= 15 is 0 Å². The Morgan fingerprint density at radius 2 is 1.35 bits per heavy atom. The van der Waals surface area contributed by atoms with Gasteiger partial charge in [-0.3, -0.25) is 0 Å². The number of rotatable bonds is 4. The second-order valence-electron chi connectivity index (χ2n) is 6.04. The third kappa shape index (κ3) is 4.97. The fourth-order valence-corrected chi connectivity index (χ4v) is 3.45. The van der Waals surface area contributed by atoms with E-state index in [1.807, 2.05) is 0 Å². The molecule has 2 aliphatic rings. The molecule has 0 aromatic heterocycles. The van der Waals surface area contributed by atoms with Crippen LogP contribution >= 0.6 is 0 Å². The highest BCUT2D eigenvalue weighted by molar-refractivity contribution is 4.73. The second-order valence-corrected chi connectivity index (χ2v) is 6.04. The summed E-state index contributed by atoms with van der Waals surface area (Å²) >= 11 is 0. The van der Waals surface area contributed by atoms with Gasteiger partial charge in [0, 0.05) is 13.2 Å². The normalized spacial score (nSPS) is 26.6. The molecule has 2 fully saturated rings. The van der Waals surface area contributed by atoms with Crippen molar-refractivity contribution in [1.82, 2.24) is 0 Å². The summed E-state index contributed by atoms with van der Waals surface area (Å²) in [6.45, 7) is 1.81. The number of ether oxygens (including phenoxy) is 1. The van der Waals surface area contributed by atoms with Crippen LogP contribution in [-0.2, 0) is 4.74 Å². The Balaban J connectivity index is 1.66. The van der Waals surface area contributed by atoms with Crippen molar-refractivity contribution >= 4 is 0 Å². The van der Waals surface area contributed by atoms with Crippen molar-refractivity contribution in [3.05, 3.63) is 0 Å². The number of aliphatic hydroxyl groups is 1. The molecule has 2 heteroatoms. The van der Waals surface area contributed by atoms with Gasteiger partial charge in [-0.15, -0.1) is 0 Å². The van der Waals surface area contributed by atoms with Gasteiger partial charge in [-0.05, 0) is 37.5 Å². The van der Waals surface area contributed by atoms with Gasteiger partial charge < -0.3 is 9.84 Å². The van der Waals surface area contributed by atoms with Crippen LogP contribution in [0.3, 0.4) is 0 Å². The van der Waals surface area contributed by atoms with Gasteiger partial charge >= 0.3 is 0 Å². The highest BCUT2D eigenvalue weighted by atomic mass is 16.5. The van der Waals surface area contributed by atoms with Crippen LogP contribution in [0.5, 0.6) is 0 Å². The van der Waals surface area contributed by atoms with Crippen molar-refractivity contribution in [2.75, 3.05) is 13.2 Å². The molecule has 1 aliphatic carbocycles. The van der Waals surface area contributed by atoms with Crippen molar-refractivity contribution in [3.63, 3.8) is 0 Å². The largest absolute Gasteiger partial charge is 0.393 e. The van der Waals surface area contributed by atoms with Gasteiger partial charge in [0.1, 0.15) is 0 Å². The van der Waals surface area contributed by atoms with E-state index in [0.717, 1.165) is 44.8 Å². The van der Waals surface area contributed by atoms with Crippen LogP contribution < -0.4 is 0 Å². The van der Waals surface area contributed by atoms with Gasteiger partial charge in [0.15, 0.2) is 0 Å².